The van der Waals surface area contributed by atoms with E-state index in [1.54, 1.807) is 20.8 Å². The van der Waals surface area contributed by atoms with Gasteiger partial charge in [-0.15, -0.1) is 0 Å². The molecule has 122 valence electrons. The van der Waals surface area contributed by atoms with E-state index in [-0.39, 0.29) is 31.6 Å². The molecule has 0 fully saturated rings. The van der Waals surface area contributed by atoms with E-state index in [1.807, 2.05) is 0 Å². The molecule has 0 aliphatic carbocycles. The van der Waals surface area contributed by atoms with E-state index in [2.05, 4.69) is 5.32 Å². The zero-order chi connectivity index (χ0) is 16.6. The van der Waals surface area contributed by atoms with Crippen LogP contribution in [-0.4, -0.2) is 72.2 Å². The fraction of sp³-hybridized carbons (Fsp3) is 0.727. The number of carbonyl (C=O) groups excluding carboxylic acids is 1. The number of aliphatic carboxylic acids is 2. The molecule has 10 heteroatoms. The van der Waals surface area contributed by atoms with Crippen molar-refractivity contribution >= 4 is 44.3 Å². The molecule has 0 saturated carbocycles. The number of ether oxygens (including phenoxy) is 1. The first kappa shape index (κ1) is 20.2. The van der Waals surface area contributed by atoms with E-state index >= 15 is 0 Å². The number of alkyl carbamates (subject to hydrolysis) is 1. The minimum atomic E-state index is -1.14. The van der Waals surface area contributed by atoms with Gasteiger partial charge < -0.3 is 0 Å². The maximum absolute atomic E-state index is 11.5. The Balaban J connectivity index is 4.18. The first-order valence-electron chi connectivity index (χ1n) is 5.98. The van der Waals surface area contributed by atoms with Gasteiger partial charge in [0.25, 0.3) is 0 Å². The van der Waals surface area contributed by atoms with Crippen molar-refractivity contribution in [1.29, 1.82) is 0 Å². The summed E-state index contributed by atoms with van der Waals surface area (Å²) < 4.78 is 5.00. The van der Waals surface area contributed by atoms with E-state index in [9.17, 15) is 14.4 Å². The Labute approximate surface area is 134 Å². The molecule has 0 radical (unpaired) electrons. The summed E-state index contributed by atoms with van der Waals surface area (Å²) in [6, 6.07) is -1.93. The number of rotatable bonds is 8. The van der Waals surface area contributed by atoms with Crippen molar-refractivity contribution in [1.82, 2.24) is 5.32 Å². The van der Waals surface area contributed by atoms with Gasteiger partial charge in [0.15, 0.2) is 0 Å². The first-order chi connectivity index (χ1) is 9.53. The molecular formula is C11H20N2O6Se2. The van der Waals surface area contributed by atoms with Gasteiger partial charge in [0, 0.05) is 0 Å². The Morgan fingerprint density at radius 3 is 2.10 bits per heavy atom. The molecule has 1 unspecified atom stereocenters. The number of hydrogen-bond donors (Lipinski definition) is 4. The quantitative estimate of drug-likeness (QED) is 0.300. The molecule has 0 aliphatic rings. The number of carboxylic acids is 2. The molecule has 0 saturated heterocycles. The summed E-state index contributed by atoms with van der Waals surface area (Å²) >= 11 is -0.105. The molecule has 21 heavy (non-hydrogen) atoms. The van der Waals surface area contributed by atoms with Gasteiger partial charge in [-0.2, -0.15) is 0 Å². The second-order valence-electron chi connectivity index (χ2n) is 5.05. The Morgan fingerprint density at radius 2 is 1.67 bits per heavy atom. The van der Waals surface area contributed by atoms with Gasteiger partial charge in [0.1, 0.15) is 0 Å². The summed E-state index contributed by atoms with van der Waals surface area (Å²) in [5, 5.41) is 20.6. The molecule has 0 heterocycles. The molecule has 0 spiro atoms. The average molecular weight is 434 g/mol. The van der Waals surface area contributed by atoms with Crippen LogP contribution in [-0.2, 0) is 14.3 Å². The van der Waals surface area contributed by atoms with Crippen LogP contribution in [0.3, 0.4) is 0 Å². The predicted octanol–water partition coefficient (Wildman–Crippen LogP) is -0.464. The van der Waals surface area contributed by atoms with Crippen LogP contribution in [0, 0.1) is 0 Å². The van der Waals surface area contributed by atoms with Gasteiger partial charge in [0.2, 0.25) is 0 Å². The van der Waals surface area contributed by atoms with Crippen LogP contribution in [0.25, 0.3) is 0 Å². The van der Waals surface area contributed by atoms with Crippen LogP contribution >= 0.6 is 0 Å². The van der Waals surface area contributed by atoms with Crippen molar-refractivity contribution in [3.63, 3.8) is 0 Å². The summed E-state index contributed by atoms with van der Waals surface area (Å²) in [5.41, 5.74) is 4.67. The van der Waals surface area contributed by atoms with Crippen molar-refractivity contribution in [2.45, 2.75) is 49.1 Å². The van der Waals surface area contributed by atoms with Gasteiger partial charge in [-0.25, -0.2) is 0 Å². The number of nitrogens with one attached hydrogen (secondary N) is 1. The number of hydrogen-bond acceptors (Lipinski definition) is 5. The fourth-order valence-electron chi connectivity index (χ4n) is 0.933. The van der Waals surface area contributed by atoms with Crippen molar-refractivity contribution < 1.29 is 29.3 Å². The normalized spacial score (nSPS) is 14.1. The molecule has 0 aliphatic heterocycles. The number of carbonyl (C=O) groups is 3. The first-order valence-corrected chi connectivity index (χ1v) is 12.7. The molecule has 2 atom stereocenters. The number of amides is 1. The monoisotopic (exact) mass is 436 g/mol. The summed E-state index contributed by atoms with van der Waals surface area (Å²) in [4.78, 5) is 33.1. The summed E-state index contributed by atoms with van der Waals surface area (Å²) in [6.07, 6.45) is -0.777. The van der Waals surface area contributed by atoms with Gasteiger partial charge >= 0.3 is 134 Å². The molecule has 5 N–H and O–H groups in total. The predicted molar refractivity (Wildman–Crippen MR) is 77.5 cm³/mol. The van der Waals surface area contributed by atoms with Crippen molar-refractivity contribution in [3.8, 4) is 0 Å². The van der Waals surface area contributed by atoms with E-state index in [0.717, 1.165) is 0 Å². The topological polar surface area (TPSA) is 139 Å². The zero-order valence-electron chi connectivity index (χ0n) is 12.0. The second kappa shape index (κ2) is 9.27. The van der Waals surface area contributed by atoms with E-state index in [1.165, 1.54) is 0 Å². The van der Waals surface area contributed by atoms with Crippen LogP contribution in [0.4, 0.5) is 4.79 Å². The van der Waals surface area contributed by atoms with Crippen LogP contribution in [0.15, 0.2) is 0 Å². The third-order valence-corrected chi connectivity index (χ3v) is 9.03. The summed E-state index contributed by atoms with van der Waals surface area (Å²) in [6.45, 7) is 5.05. The number of carboxylic acid groups (broad SMARTS) is 2. The van der Waals surface area contributed by atoms with Crippen molar-refractivity contribution in [3.05, 3.63) is 0 Å². The maximum atomic E-state index is 11.5. The third kappa shape index (κ3) is 10.6. The Bertz CT molecular complexity index is 385. The van der Waals surface area contributed by atoms with Crippen LogP contribution in [0.1, 0.15) is 20.8 Å². The molecule has 0 bridgehead atoms. The minimum absolute atomic E-state index is 0.0336. The third-order valence-electron chi connectivity index (χ3n) is 1.87. The van der Waals surface area contributed by atoms with Crippen LogP contribution < -0.4 is 11.1 Å². The SMILES string of the molecule is CC(C)(C)OC(=O)N[C@@H](C[Se][Se]CC(N)C(=O)O)C(=O)O. The van der Waals surface area contributed by atoms with Crippen LogP contribution in [0.5, 0.6) is 0 Å². The number of nitrogens with two attached hydrogens (primary N) is 1. The van der Waals surface area contributed by atoms with Crippen molar-refractivity contribution in [2.24, 2.45) is 5.73 Å². The average Bonchev–Trinajstić information content (AvgIpc) is 2.29. The molecule has 0 aromatic rings. The van der Waals surface area contributed by atoms with Gasteiger partial charge in [-0.3, -0.25) is 0 Å². The molecule has 0 aromatic heterocycles. The molecule has 0 rings (SSSR count). The molecular weight excluding hydrogens is 414 g/mol. The van der Waals surface area contributed by atoms with E-state index in [4.69, 9.17) is 20.7 Å². The molecule has 1 amide bonds. The van der Waals surface area contributed by atoms with E-state index in [0.29, 0.717) is 5.32 Å². The van der Waals surface area contributed by atoms with Crippen molar-refractivity contribution in [2.75, 3.05) is 0 Å². The second-order valence-corrected chi connectivity index (χ2v) is 12.6. The summed E-state index contributed by atoms with van der Waals surface area (Å²) in [7, 11) is 0. The van der Waals surface area contributed by atoms with Gasteiger partial charge in [0.05, 0.1) is 0 Å². The van der Waals surface area contributed by atoms with E-state index < -0.39 is 35.7 Å². The summed E-state index contributed by atoms with van der Waals surface area (Å²) in [5.74, 6) is -2.20. The standard InChI is InChI=1S/C11H20N2O6Se2/c1-11(2,3)19-10(18)13-7(9(16)17)5-21-20-4-6(12)8(14)15/h6-7H,4-5,12H2,1-3H3,(H,13,18)(H,14,15)(H,16,17)/t6?,7-/m0/s1. The fourth-order valence-corrected chi connectivity index (χ4v) is 7.88. The Hall–Kier alpha value is -0.791. The van der Waals surface area contributed by atoms with Gasteiger partial charge in [-0.1, -0.05) is 0 Å². The van der Waals surface area contributed by atoms with Crippen LogP contribution in [0.2, 0.25) is 10.6 Å². The zero-order valence-corrected chi connectivity index (χ0v) is 15.4. The molecule has 0 aromatic carbocycles. The Kier molecular flexibility index (Phi) is 8.92. The Morgan fingerprint density at radius 1 is 1.14 bits per heavy atom. The molecule has 8 nitrogen and oxygen atoms in total. The van der Waals surface area contributed by atoms with Gasteiger partial charge in [-0.05, 0) is 0 Å².